The van der Waals surface area contributed by atoms with Crippen LogP contribution >= 0.6 is 11.7 Å². The van der Waals surface area contributed by atoms with Gasteiger partial charge < -0.3 is 9.64 Å². The minimum Gasteiger partial charge on any atom is -0.497 e. The summed E-state index contributed by atoms with van der Waals surface area (Å²) in [5.74, 6) is 1.31. The van der Waals surface area contributed by atoms with Crippen molar-refractivity contribution in [3.63, 3.8) is 0 Å². The Hall–Kier alpha value is -2.47. The van der Waals surface area contributed by atoms with Crippen LogP contribution in [-0.4, -0.2) is 39.8 Å². The topological polar surface area (TPSA) is 55.3 Å². The lowest BCUT2D eigenvalue weighted by atomic mass is 9.98. The Balaban J connectivity index is 1.49. The van der Waals surface area contributed by atoms with Gasteiger partial charge in [-0.1, -0.05) is 12.1 Å². The molecule has 1 aliphatic heterocycles. The van der Waals surface area contributed by atoms with E-state index in [-0.39, 0.29) is 5.91 Å². The Kier molecular flexibility index (Phi) is 3.90. The number of hydrogen-bond acceptors (Lipinski definition) is 5. The van der Waals surface area contributed by atoms with Crippen LogP contribution in [0.4, 0.5) is 0 Å². The lowest BCUT2D eigenvalue weighted by Gasteiger charge is -2.17. The molecule has 2 aromatic carbocycles. The number of fused-ring (bicyclic) bond motifs is 1. The first-order valence-electron chi connectivity index (χ1n) is 7.90. The number of ether oxygens (including phenoxy) is 1. The monoisotopic (exact) mass is 339 g/mol. The lowest BCUT2D eigenvalue weighted by molar-refractivity contribution is 0.0791. The van der Waals surface area contributed by atoms with Gasteiger partial charge in [0.25, 0.3) is 5.91 Å². The van der Waals surface area contributed by atoms with Gasteiger partial charge in [0.1, 0.15) is 16.8 Å². The zero-order chi connectivity index (χ0) is 16.5. The van der Waals surface area contributed by atoms with Crippen LogP contribution in [0.3, 0.4) is 0 Å². The summed E-state index contributed by atoms with van der Waals surface area (Å²) in [6.45, 7) is 1.53. The van der Waals surface area contributed by atoms with Gasteiger partial charge in [-0.3, -0.25) is 4.79 Å². The van der Waals surface area contributed by atoms with E-state index in [1.807, 2.05) is 35.2 Å². The smallest absolute Gasteiger partial charge is 0.253 e. The van der Waals surface area contributed by atoms with E-state index in [4.69, 9.17) is 4.74 Å². The highest BCUT2D eigenvalue weighted by Crippen LogP contribution is 2.29. The van der Waals surface area contributed by atoms with Gasteiger partial charge in [-0.05, 0) is 42.3 Å². The summed E-state index contributed by atoms with van der Waals surface area (Å²) in [6, 6.07) is 13.7. The maximum atomic E-state index is 12.8. The first-order chi connectivity index (χ1) is 11.7. The van der Waals surface area contributed by atoms with Gasteiger partial charge >= 0.3 is 0 Å². The molecular weight excluding hydrogens is 322 g/mol. The molecule has 0 radical (unpaired) electrons. The Morgan fingerprint density at radius 2 is 1.96 bits per heavy atom. The van der Waals surface area contributed by atoms with Crippen molar-refractivity contribution in [2.75, 3.05) is 20.2 Å². The predicted molar refractivity (Wildman–Crippen MR) is 93.7 cm³/mol. The maximum absolute atomic E-state index is 12.8. The Morgan fingerprint density at radius 3 is 2.75 bits per heavy atom. The largest absolute Gasteiger partial charge is 0.497 e. The third kappa shape index (κ3) is 2.73. The van der Waals surface area contributed by atoms with Crippen molar-refractivity contribution in [1.82, 2.24) is 13.6 Å². The molecule has 1 amide bonds. The average Bonchev–Trinajstić information content (AvgIpc) is 3.30. The second kappa shape index (κ2) is 6.20. The van der Waals surface area contributed by atoms with Gasteiger partial charge in [0.2, 0.25) is 0 Å². The van der Waals surface area contributed by atoms with Crippen LogP contribution < -0.4 is 4.74 Å². The molecular formula is C18H17N3O2S. The van der Waals surface area contributed by atoms with Crippen LogP contribution in [0.2, 0.25) is 0 Å². The summed E-state index contributed by atoms with van der Waals surface area (Å²) in [6.07, 6.45) is 0.985. The summed E-state index contributed by atoms with van der Waals surface area (Å²) in [4.78, 5) is 14.7. The normalized spacial score (nSPS) is 17.4. The molecule has 24 heavy (non-hydrogen) atoms. The molecule has 0 saturated carbocycles. The Morgan fingerprint density at radius 1 is 1.17 bits per heavy atom. The molecule has 0 bridgehead atoms. The standard InChI is InChI=1S/C18H17N3O2S/c1-23-15-5-2-12(3-6-15)14-8-9-21(11-14)18(22)13-4-7-16-17(10-13)20-24-19-16/h2-7,10,14H,8-9,11H2,1H3. The van der Waals surface area contributed by atoms with Crippen molar-refractivity contribution in [3.05, 3.63) is 53.6 Å². The highest BCUT2D eigenvalue weighted by molar-refractivity contribution is 7.00. The van der Waals surface area contributed by atoms with Gasteiger partial charge in [0.05, 0.1) is 18.8 Å². The van der Waals surface area contributed by atoms with Crippen LogP contribution in [0.25, 0.3) is 11.0 Å². The van der Waals surface area contributed by atoms with E-state index < -0.39 is 0 Å². The fourth-order valence-electron chi connectivity index (χ4n) is 3.19. The minimum atomic E-state index is 0.0703. The second-order valence-electron chi connectivity index (χ2n) is 5.98. The molecule has 3 aromatic rings. The van der Waals surface area contributed by atoms with E-state index in [2.05, 4.69) is 20.9 Å². The second-order valence-corrected chi connectivity index (χ2v) is 6.51. The molecule has 1 saturated heterocycles. The number of aromatic nitrogens is 2. The maximum Gasteiger partial charge on any atom is 0.253 e. The summed E-state index contributed by atoms with van der Waals surface area (Å²) in [5, 5.41) is 0. The molecule has 0 spiro atoms. The van der Waals surface area contributed by atoms with Gasteiger partial charge in [0, 0.05) is 24.6 Å². The van der Waals surface area contributed by atoms with E-state index in [1.165, 1.54) is 17.3 Å². The molecule has 0 N–H and O–H groups in total. The highest BCUT2D eigenvalue weighted by atomic mass is 32.1. The zero-order valence-corrected chi connectivity index (χ0v) is 14.1. The first kappa shape index (κ1) is 15.1. The lowest BCUT2D eigenvalue weighted by Crippen LogP contribution is -2.28. The van der Waals surface area contributed by atoms with Crippen molar-refractivity contribution >= 4 is 28.7 Å². The van der Waals surface area contributed by atoms with E-state index in [0.29, 0.717) is 11.5 Å². The zero-order valence-electron chi connectivity index (χ0n) is 13.3. The number of carbonyl (C=O) groups excluding carboxylic acids is 1. The van der Waals surface area contributed by atoms with Gasteiger partial charge in [-0.15, -0.1) is 0 Å². The van der Waals surface area contributed by atoms with Crippen molar-refractivity contribution in [3.8, 4) is 5.75 Å². The summed E-state index contributed by atoms with van der Waals surface area (Å²) in [7, 11) is 1.67. The molecule has 2 heterocycles. The Bertz CT molecular complexity index is 875. The molecule has 4 rings (SSSR count). The van der Waals surface area contributed by atoms with Crippen LogP contribution in [0.1, 0.15) is 28.3 Å². The molecule has 1 aromatic heterocycles. The predicted octanol–water partition coefficient (Wildman–Crippen LogP) is 3.33. The third-order valence-corrected chi connectivity index (χ3v) is 5.12. The number of hydrogen-bond donors (Lipinski definition) is 0. The number of rotatable bonds is 3. The minimum absolute atomic E-state index is 0.0703. The van der Waals surface area contributed by atoms with E-state index in [1.54, 1.807) is 7.11 Å². The summed E-state index contributed by atoms with van der Waals surface area (Å²) >= 11 is 1.17. The quantitative estimate of drug-likeness (QED) is 0.734. The number of methoxy groups -OCH3 is 1. The van der Waals surface area contributed by atoms with Gasteiger partial charge in [-0.2, -0.15) is 8.75 Å². The van der Waals surface area contributed by atoms with Crippen LogP contribution in [0.5, 0.6) is 5.75 Å². The molecule has 1 fully saturated rings. The van der Waals surface area contributed by atoms with Gasteiger partial charge in [0.15, 0.2) is 0 Å². The SMILES string of the molecule is COc1ccc(C2CCN(C(=O)c3ccc4nsnc4c3)C2)cc1. The first-order valence-corrected chi connectivity index (χ1v) is 8.63. The van der Waals surface area contributed by atoms with E-state index >= 15 is 0 Å². The third-order valence-electron chi connectivity index (χ3n) is 4.56. The average molecular weight is 339 g/mol. The fourth-order valence-corrected chi connectivity index (χ4v) is 3.71. The number of carbonyl (C=O) groups is 1. The number of likely N-dealkylation sites (tertiary alicyclic amines) is 1. The van der Waals surface area contributed by atoms with E-state index in [0.717, 1.165) is 36.3 Å². The molecule has 1 aliphatic rings. The number of benzene rings is 2. The van der Waals surface area contributed by atoms with Crippen molar-refractivity contribution < 1.29 is 9.53 Å². The fraction of sp³-hybridized carbons (Fsp3) is 0.278. The molecule has 6 heteroatoms. The van der Waals surface area contributed by atoms with Crippen LogP contribution in [-0.2, 0) is 0 Å². The van der Waals surface area contributed by atoms with Crippen LogP contribution in [0.15, 0.2) is 42.5 Å². The van der Waals surface area contributed by atoms with Crippen molar-refractivity contribution in [1.29, 1.82) is 0 Å². The Labute approximate surface area is 144 Å². The summed E-state index contributed by atoms with van der Waals surface area (Å²) in [5.41, 5.74) is 3.57. The number of amides is 1. The van der Waals surface area contributed by atoms with Crippen molar-refractivity contribution in [2.24, 2.45) is 0 Å². The van der Waals surface area contributed by atoms with E-state index in [9.17, 15) is 4.79 Å². The van der Waals surface area contributed by atoms with Crippen LogP contribution in [0, 0.1) is 0 Å². The molecule has 1 unspecified atom stereocenters. The van der Waals surface area contributed by atoms with Gasteiger partial charge in [-0.25, -0.2) is 0 Å². The highest BCUT2D eigenvalue weighted by Gasteiger charge is 2.28. The molecule has 122 valence electrons. The molecule has 5 nitrogen and oxygen atoms in total. The molecule has 1 atom stereocenters. The number of nitrogens with zero attached hydrogens (tertiary/aromatic N) is 3. The van der Waals surface area contributed by atoms with Crippen molar-refractivity contribution in [2.45, 2.75) is 12.3 Å². The summed E-state index contributed by atoms with van der Waals surface area (Å²) < 4.78 is 13.6. The molecule has 0 aliphatic carbocycles.